The van der Waals surface area contributed by atoms with Gasteiger partial charge in [-0.15, -0.1) is 0 Å². The summed E-state index contributed by atoms with van der Waals surface area (Å²) in [5.74, 6) is 1.56. The first-order chi connectivity index (χ1) is 9.04. The van der Waals surface area contributed by atoms with E-state index in [-0.39, 0.29) is 5.91 Å². The molecule has 0 unspecified atom stereocenters. The van der Waals surface area contributed by atoms with Gasteiger partial charge in [0.25, 0.3) is 0 Å². The highest BCUT2D eigenvalue weighted by Crippen LogP contribution is 2.24. The molecule has 19 heavy (non-hydrogen) atoms. The molecule has 1 aromatic rings. The van der Waals surface area contributed by atoms with E-state index >= 15 is 0 Å². The highest BCUT2D eigenvalue weighted by atomic mass is 32.2. The number of amidine groups is 1. The number of thioether (sulfide) groups is 1. The molecular weight excluding hydrogens is 258 g/mol. The lowest BCUT2D eigenvalue weighted by atomic mass is 10.1. The zero-order valence-corrected chi connectivity index (χ0v) is 12.3. The standard InChI is InChI=1S/C14H19N3OS/c1-9(2)13-8-19-14(17-13)16-12-6-4-11(5-7-12)15-10(3)18/h4-7,9,13H,8H2,1-3H3,(H,15,18)(H,16,17)/t13-/m1/s1. The van der Waals surface area contributed by atoms with Crippen LogP contribution in [0.25, 0.3) is 0 Å². The van der Waals surface area contributed by atoms with E-state index in [1.165, 1.54) is 6.92 Å². The van der Waals surface area contributed by atoms with E-state index in [1.807, 2.05) is 24.3 Å². The molecule has 1 aliphatic rings. The van der Waals surface area contributed by atoms with Gasteiger partial charge in [-0.3, -0.25) is 9.79 Å². The highest BCUT2D eigenvalue weighted by Gasteiger charge is 2.20. The molecule has 5 heteroatoms. The molecule has 0 aromatic heterocycles. The van der Waals surface area contributed by atoms with Gasteiger partial charge in [0.2, 0.25) is 5.91 Å². The third-order valence-electron chi connectivity index (χ3n) is 2.90. The maximum absolute atomic E-state index is 10.9. The zero-order chi connectivity index (χ0) is 13.8. The number of carbonyl (C=O) groups is 1. The van der Waals surface area contributed by atoms with Crippen LogP contribution < -0.4 is 10.6 Å². The maximum Gasteiger partial charge on any atom is 0.221 e. The molecule has 0 aliphatic carbocycles. The van der Waals surface area contributed by atoms with Gasteiger partial charge in [-0.05, 0) is 30.2 Å². The van der Waals surface area contributed by atoms with E-state index in [9.17, 15) is 4.79 Å². The molecule has 1 atom stereocenters. The minimum Gasteiger partial charge on any atom is -0.335 e. The van der Waals surface area contributed by atoms with E-state index in [0.29, 0.717) is 12.0 Å². The zero-order valence-electron chi connectivity index (χ0n) is 11.4. The molecule has 0 spiro atoms. The van der Waals surface area contributed by atoms with Gasteiger partial charge in [0.05, 0.1) is 6.04 Å². The largest absolute Gasteiger partial charge is 0.335 e. The van der Waals surface area contributed by atoms with Gasteiger partial charge in [-0.2, -0.15) is 0 Å². The number of benzene rings is 1. The van der Waals surface area contributed by atoms with Gasteiger partial charge >= 0.3 is 0 Å². The van der Waals surface area contributed by atoms with Gasteiger partial charge < -0.3 is 10.6 Å². The third kappa shape index (κ3) is 3.99. The van der Waals surface area contributed by atoms with E-state index in [1.54, 1.807) is 11.8 Å². The fraction of sp³-hybridized carbons (Fsp3) is 0.429. The Balaban J connectivity index is 1.97. The Morgan fingerprint density at radius 3 is 2.47 bits per heavy atom. The first-order valence-corrected chi connectivity index (χ1v) is 7.38. The van der Waals surface area contributed by atoms with Gasteiger partial charge in [0, 0.05) is 24.1 Å². The molecular formula is C14H19N3OS. The Morgan fingerprint density at radius 1 is 1.32 bits per heavy atom. The van der Waals surface area contributed by atoms with Gasteiger partial charge in [0.1, 0.15) is 0 Å². The SMILES string of the molecule is CC(=O)Nc1ccc(NC2=N[C@@H](C(C)C)CS2)cc1. The van der Waals surface area contributed by atoms with E-state index in [2.05, 4.69) is 29.5 Å². The molecule has 0 bridgehead atoms. The highest BCUT2D eigenvalue weighted by molar-refractivity contribution is 8.14. The second-order valence-corrected chi connectivity index (χ2v) is 5.95. The van der Waals surface area contributed by atoms with Crippen molar-refractivity contribution in [1.82, 2.24) is 0 Å². The second-order valence-electron chi connectivity index (χ2n) is 4.94. The van der Waals surface area contributed by atoms with Crippen LogP contribution in [-0.2, 0) is 4.79 Å². The van der Waals surface area contributed by atoms with Crippen molar-refractivity contribution in [2.75, 3.05) is 16.4 Å². The van der Waals surface area contributed by atoms with Crippen LogP contribution in [0.4, 0.5) is 11.4 Å². The lowest BCUT2D eigenvalue weighted by Crippen LogP contribution is -2.12. The summed E-state index contributed by atoms with van der Waals surface area (Å²) in [5, 5.41) is 7.03. The number of nitrogens with zero attached hydrogens (tertiary/aromatic N) is 1. The number of anilines is 2. The average molecular weight is 277 g/mol. The number of hydrogen-bond donors (Lipinski definition) is 2. The van der Waals surface area contributed by atoms with Crippen LogP contribution in [0.5, 0.6) is 0 Å². The lowest BCUT2D eigenvalue weighted by Gasteiger charge is -2.08. The monoisotopic (exact) mass is 277 g/mol. The number of carbonyl (C=O) groups excluding carboxylic acids is 1. The van der Waals surface area contributed by atoms with Crippen molar-refractivity contribution in [3.05, 3.63) is 24.3 Å². The first kappa shape index (κ1) is 13.9. The summed E-state index contributed by atoms with van der Waals surface area (Å²) in [4.78, 5) is 15.6. The Bertz CT molecular complexity index is 482. The predicted molar refractivity (Wildman–Crippen MR) is 82.9 cm³/mol. The number of amides is 1. The fourth-order valence-corrected chi connectivity index (χ4v) is 2.95. The molecule has 2 N–H and O–H groups in total. The van der Waals surface area contributed by atoms with Crippen LogP contribution in [0.2, 0.25) is 0 Å². The summed E-state index contributed by atoms with van der Waals surface area (Å²) < 4.78 is 0. The smallest absolute Gasteiger partial charge is 0.221 e. The molecule has 102 valence electrons. The van der Waals surface area contributed by atoms with Crippen LogP contribution in [0.1, 0.15) is 20.8 Å². The number of aliphatic imine (C=N–C) groups is 1. The molecule has 1 heterocycles. The molecule has 4 nitrogen and oxygen atoms in total. The molecule has 2 rings (SSSR count). The summed E-state index contributed by atoms with van der Waals surface area (Å²) in [5.41, 5.74) is 1.80. The van der Waals surface area contributed by atoms with E-state index in [0.717, 1.165) is 22.3 Å². The number of hydrogen-bond acceptors (Lipinski definition) is 4. The number of rotatable bonds is 3. The molecule has 0 radical (unpaired) electrons. The van der Waals surface area contributed by atoms with Crippen LogP contribution in [0.15, 0.2) is 29.3 Å². The van der Waals surface area contributed by atoms with E-state index < -0.39 is 0 Å². The predicted octanol–water partition coefficient (Wildman–Crippen LogP) is 3.18. The molecule has 1 aromatic carbocycles. The topological polar surface area (TPSA) is 53.5 Å². The average Bonchev–Trinajstić information content (AvgIpc) is 2.80. The van der Waals surface area contributed by atoms with Crippen molar-refractivity contribution in [3.63, 3.8) is 0 Å². The van der Waals surface area contributed by atoms with Crippen molar-refractivity contribution < 1.29 is 4.79 Å². The lowest BCUT2D eigenvalue weighted by molar-refractivity contribution is -0.114. The van der Waals surface area contributed by atoms with Crippen molar-refractivity contribution in [2.45, 2.75) is 26.8 Å². The molecule has 1 amide bonds. The molecule has 0 saturated heterocycles. The fourth-order valence-electron chi connectivity index (χ4n) is 1.76. The second kappa shape index (κ2) is 6.10. The molecule has 1 aliphatic heterocycles. The Hall–Kier alpha value is -1.49. The summed E-state index contributed by atoms with van der Waals surface area (Å²) in [6.07, 6.45) is 0. The summed E-state index contributed by atoms with van der Waals surface area (Å²) in [7, 11) is 0. The quantitative estimate of drug-likeness (QED) is 0.892. The van der Waals surface area contributed by atoms with Gasteiger partial charge in [0.15, 0.2) is 5.17 Å². The van der Waals surface area contributed by atoms with Crippen molar-refractivity contribution in [3.8, 4) is 0 Å². The number of nitrogens with one attached hydrogen (secondary N) is 2. The van der Waals surface area contributed by atoms with Crippen LogP contribution in [0, 0.1) is 5.92 Å². The summed E-state index contributed by atoms with van der Waals surface area (Å²) in [6, 6.07) is 8.05. The van der Waals surface area contributed by atoms with Gasteiger partial charge in [-0.25, -0.2) is 0 Å². The summed E-state index contributed by atoms with van der Waals surface area (Å²) in [6.45, 7) is 5.89. The minimum absolute atomic E-state index is 0.0591. The Labute approximate surface area is 118 Å². The molecule has 0 saturated carbocycles. The van der Waals surface area contributed by atoms with E-state index in [4.69, 9.17) is 0 Å². The maximum atomic E-state index is 10.9. The first-order valence-electron chi connectivity index (χ1n) is 6.40. The third-order valence-corrected chi connectivity index (χ3v) is 3.89. The normalized spacial score (nSPS) is 18.3. The molecule has 0 fully saturated rings. The van der Waals surface area contributed by atoms with Crippen LogP contribution in [-0.4, -0.2) is 22.9 Å². The van der Waals surface area contributed by atoms with Gasteiger partial charge in [-0.1, -0.05) is 25.6 Å². The Kier molecular flexibility index (Phi) is 4.47. The van der Waals surface area contributed by atoms with Crippen molar-refractivity contribution >= 4 is 34.2 Å². The summed E-state index contributed by atoms with van der Waals surface area (Å²) >= 11 is 1.76. The van der Waals surface area contributed by atoms with Crippen LogP contribution >= 0.6 is 11.8 Å². The minimum atomic E-state index is -0.0591. The van der Waals surface area contributed by atoms with Crippen molar-refractivity contribution in [1.29, 1.82) is 0 Å². The Morgan fingerprint density at radius 2 is 1.95 bits per heavy atom. The van der Waals surface area contributed by atoms with Crippen LogP contribution in [0.3, 0.4) is 0 Å². The van der Waals surface area contributed by atoms with Crippen molar-refractivity contribution in [2.24, 2.45) is 10.9 Å².